The summed E-state index contributed by atoms with van der Waals surface area (Å²) in [6.07, 6.45) is 5.62. The number of carbonyl (C=O) groups is 2. The first-order valence-electron chi connectivity index (χ1n) is 6.90. The molecule has 5 nitrogen and oxygen atoms in total. The van der Waals surface area contributed by atoms with Crippen molar-refractivity contribution in [3.05, 3.63) is 29.8 Å². The predicted octanol–water partition coefficient (Wildman–Crippen LogP) is 2.21. The van der Waals surface area contributed by atoms with Crippen molar-refractivity contribution in [2.24, 2.45) is 0 Å². The van der Waals surface area contributed by atoms with Crippen LogP contribution in [0, 0.1) is 0 Å². The average Bonchev–Trinajstić information content (AvgIpc) is 2.46. The second-order valence-corrected chi connectivity index (χ2v) is 5.02. The van der Waals surface area contributed by atoms with Gasteiger partial charge in [0.25, 0.3) is 5.91 Å². The van der Waals surface area contributed by atoms with Crippen molar-refractivity contribution in [1.29, 1.82) is 0 Å². The number of benzene rings is 1. The lowest BCUT2D eigenvalue weighted by Gasteiger charge is -2.22. The maximum Gasteiger partial charge on any atom is 0.335 e. The van der Waals surface area contributed by atoms with E-state index in [4.69, 9.17) is 9.84 Å². The molecule has 0 saturated heterocycles. The molecule has 1 amide bonds. The molecule has 2 rings (SSSR count). The van der Waals surface area contributed by atoms with E-state index < -0.39 is 5.97 Å². The molecule has 20 heavy (non-hydrogen) atoms. The summed E-state index contributed by atoms with van der Waals surface area (Å²) in [6, 6.07) is 6.39. The van der Waals surface area contributed by atoms with Gasteiger partial charge in [0.1, 0.15) is 5.75 Å². The Hall–Kier alpha value is -2.04. The van der Waals surface area contributed by atoms with E-state index in [1.54, 1.807) is 12.1 Å². The largest absolute Gasteiger partial charge is 0.484 e. The summed E-state index contributed by atoms with van der Waals surface area (Å²) in [5.41, 5.74) is 0.148. The van der Waals surface area contributed by atoms with Crippen molar-refractivity contribution in [3.8, 4) is 5.75 Å². The third kappa shape index (κ3) is 4.26. The van der Waals surface area contributed by atoms with Gasteiger partial charge in [-0.15, -0.1) is 0 Å². The number of nitrogens with one attached hydrogen (secondary N) is 1. The molecule has 1 aromatic rings. The van der Waals surface area contributed by atoms with E-state index >= 15 is 0 Å². The maximum atomic E-state index is 11.8. The molecule has 0 atom stereocenters. The summed E-state index contributed by atoms with van der Waals surface area (Å²) in [7, 11) is 0. The summed E-state index contributed by atoms with van der Waals surface area (Å²) < 4.78 is 5.32. The smallest absolute Gasteiger partial charge is 0.335 e. The fraction of sp³-hybridized carbons (Fsp3) is 0.467. The Labute approximate surface area is 117 Å². The van der Waals surface area contributed by atoms with Gasteiger partial charge in [0.2, 0.25) is 0 Å². The number of rotatable bonds is 5. The molecule has 1 aliphatic rings. The highest BCUT2D eigenvalue weighted by Crippen LogP contribution is 2.17. The van der Waals surface area contributed by atoms with Gasteiger partial charge in [-0.25, -0.2) is 4.79 Å². The zero-order valence-corrected chi connectivity index (χ0v) is 11.3. The highest BCUT2D eigenvalue weighted by Gasteiger charge is 2.15. The van der Waals surface area contributed by atoms with E-state index in [9.17, 15) is 9.59 Å². The van der Waals surface area contributed by atoms with Gasteiger partial charge in [0, 0.05) is 6.04 Å². The van der Waals surface area contributed by atoms with Crippen LogP contribution >= 0.6 is 0 Å². The molecule has 0 bridgehead atoms. The molecule has 0 radical (unpaired) electrons. The van der Waals surface area contributed by atoms with E-state index in [0.717, 1.165) is 25.7 Å². The molecule has 0 spiro atoms. The van der Waals surface area contributed by atoms with Gasteiger partial charge in [-0.3, -0.25) is 4.79 Å². The number of ether oxygens (including phenoxy) is 1. The van der Waals surface area contributed by atoms with Gasteiger partial charge in [0.15, 0.2) is 6.61 Å². The predicted molar refractivity (Wildman–Crippen MR) is 73.9 cm³/mol. The molecule has 1 saturated carbocycles. The van der Waals surface area contributed by atoms with Gasteiger partial charge in [-0.1, -0.05) is 25.3 Å². The number of carboxylic acids is 1. The van der Waals surface area contributed by atoms with Gasteiger partial charge >= 0.3 is 5.97 Å². The Morgan fingerprint density at radius 3 is 2.70 bits per heavy atom. The molecule has 1 aromatic carbocycles. The van der Waals surface area contributed by atoms with E-state index in [2.05, 4.69) is 5.32 Å². The Balaban J connectivity index is 1.80. The molecule has 0 heterocycles. The summed E-state index contributed by atoms with van der Waals surface area (Å²) >= 11 is 0. The van der Waals surface area contributed by atoms with E-state index in [0.29, 0.717) is 5.75 Å². The van der Waals surface area contributed by atoms with Crippen LogP contribution in [0.15, 0.2) is 24.3 Å². The summed E-state index contributed by atoms with van der Waals surface area (Å²) in [5, 5.41) is 11.8. The van der Waals surface area contributed by atoms with Crippen LogP contribution in [0.2, 0.25) is 0 Å². The molecule has 0 aromatic heterocycles. The lowest BCUT2D eigenvalue weighted by atomic mass is 9.95. The van der Waals surface area contributed by atoms with Crippen molar-refractivity contribution in [3.63, 3.8) is 0 Å². The molecule has 0 unspecified atom stereocenters. The second kappa shape index (κ2) is 6.93. The first-order chi connectivity index (χ1) is 9.65. The quantitative estimate of drug-likeness (QED) is 0.865. The minimum Gasteiger partial charge on any atom is -0.484 e. The molecule has 5 heteroatoms. The zero-order valence-electron chi connectivity index (χ0n) is 11.3. The standard InChI is InChI=1S/C15H19NO4/c17-14(16-12-6-2-1-3-7-12)10-20-13-8-4-5-11(9-13)15(18)19/h4-5,8-9,12H,1-3,6-7,10H2,(H,16,17)(H,18,19). The summed E-state index contributed by atoms with van der Waals surface area (Å²) in [5.74, 6) is -0.775. The number of carbonyl (C=O) groups excluding carboxylic acids is 1. The van der Waals surface area contributed by atoms with Crippen LogP contribution in [-0.4, -0.2) is 29.6 Å². The van der Waals surface area contributed by atoms with Crippen LogP contribution < -0.4 is 10.1 Å². The maximum absolute atomic E-state index is 11.8. The number of hydrogen-bond acceptors (Lipinski definition) is 3. The van der Waals surface area contributed by atoms with Crippen LogP contribution in [-0.2, 0) is 4.79 Å². The third-order valence-corrected chi connectivity index (χ3v) is 3.42. The van der Waals surface area contributed by atoms with Gasteiger partial charge < -0.3 is 15.2 Å². The monoisotopic (exact) mass is 277 g/mol. The molecule has 108 valence electrons. The van der Waals surface area contributed by atoms with Crippen LogP contribution in [0.4, 0.5) is 0 Å². The number of carboxylic acid groups (broad SMARTS) is 1. The second-order valence-electron chi connectivity index (χ2n) is 5.02. The topological polar surface area (TPSA) is 75.6 Å². The van der Waals surface area contributed by atoms with E-state index in [1.165, 1.54) is 18.6 Å². The lowest BCUT2D eigenvalue weighted by molar-refractivity contribution is -0.124. The minimum absolute atomic E-state index is 0.0838. The Morgan fingerprint density at radius 1 is 1.25 bits per heavy atom. The summed E-state index contributed by atoms with van der Waals surface area (Å²) in [6.45, 7) is -0.0838. The molecule has 0 aliphatic heterocycles. The first-order valence-corrected chi connectivity index (χ1v) is 6.90. The van der Waals surface area contributed by atoms with Gasteiger partial charge in [0.05, 0.1) is 5.56 Å². The Morgan fingerprint density at radius 2 is 2.00 bits per heavy atom. The van der Waals surface area contributed by atoms with Crippen molar-refractivity contribution in [2.45, 2.75) is 38.1 Å². The van der Waals surface area contributed by atoms with Crippen LogP contribution in [0.3, 0.4) is 0 Å². The fourth-order valence-electron chi connectivity index (χ4n) is 2.38. The Kier molecular flexibility index (Phi) is 4.98. The van der Waals surface area contributed by atoms with E-state index in [1.807, 2.05) is 0 Å². The highest BCUT2D eigenvalue weighted by atomic mass is 16.5. The number of amides is 1. The molecule has 1 aliphatic carbocycles. The van der Waals surface area contributed by atoms with Crippen LogP contribution in [0.25, 0.3) is 0 Å². The highest BCUT2D eigenvalue weighted by molar-refractivity contribution is 5.88. The molecular weight excluding hydrogens is 258 g/mol. The third-order valence-electron chi connectivity index (χ3n) is 3.42. The zero-order chi connectivity index (χ0) is 14.4. The fourth-order valence-corrected chi connectivity index (χ4v) is 2.38. The first kappa shape index (κ1) is 14.4. The Bertz CT molecular complexity index is 481. The van der Waals surface area contributed by atoms with Gasteiger partial charge in [-0.05, 0) is 31.0 Å². The number of aromatic carboxylic acids is 1. The lowest BCUT2D eigenvalue weighted by Crippen LogP contribution is -2.38. The molecule has 1 fully saturated rings. The van der Waals surface area contributed by atoms with E-state index in [-0.39, 0.29) is 24.1 Å². The van der Waals surface area contributed by atoms with Crippen LogP contribution in [0.1, 0.15) is 42.5 Å². The van der Waals surface area contributed by atoms with Crippen molar-refractivity contribution in [1.82, 2.24) is 5.32 Å². The molecule has 2 N–H and O–H groups in total. The van der Waals surface area contributed by atoms with Gasteiger partial charge in [-0.2, -0.15) is 0 Å². The number of hydrogen-bond donors (Lipinski definition) is 2. The van der Waals surface area contributed by atoms with Crippen molar-refractivity contribution >= 4 is 11.9 Å². The minimum atomic E-state index is -1.01. The molecular formula is C15H19NO4. The average molecular weight is 277 g/mol. The van der Waals surface area contributed by atoms with Crippen molar-refractivity contribution in [2.75, 3.05) is 6.61 Å². The van der Waals surface area contributed by atoms with Crippen molar-refractivity contribution < 1.29 is 19.4 Å². The summed E-state index contributed by atoms with van der Waals surface area (Å²) in [4.78, 5) is 22.6. The SMILES string of the molecule is O=C(COc1cccc(C(=O)O)c1)NC1CCCCC1. The normalized spacial score (nSPS) is 15.6. The van der Waals surface area contributed by atoms with Crippen LogP contribution in [0.5, 0.6) is 5.75 Å².